The number of hydrogen-bond donors (Lipinski definition) is 1. The van der Waals surface area contributed by atoms with E-state index in [4.69, 9.17) is 4.52 Å². The smallest absolute Gasteiger partial charge is 0.307 e. The maximum Gasteiger partial charge on any atom is 0.307 e. The summed E-state index contributed by atoms with van der Waals surface area (Å²) in [5, 5.41) is 13.1. The van der Waals surface area contributed by atoms with E-state index in [1.165, 1.54) is 0 Å². The van der Waals surface area contributed by atoms with E-state index >= 15 is 0 Å². The maximum atomic E-state index is 11.2. The zero-order valence-electron chi connectivity index (χ0n) is 11.0. The van der Waals surface area contributed by atoms with Gasteiger partial charge in [0.25, 0.3) is 0 Å². The van der Waals surface area contributed by atoms with E-state index in [2.05, 4.69) is 17.1 Å². The first-order valence-corrected chi connectivity index (χ1v) is 6.17. The average Bonchev–Trinajstić information content (AvgIpc) is 2.83. The zero-order chi connectivity index (χ0) is 13.3. The third-order valence-corrected chi connectivity index (χ3v) is 3.37. The lowest BCUT2D eigenvalue weighted by Gasteiger charge is -2.10. The molecule has 0 spiro atoms. The van der Waals surface area contributed by atoms with Crippen LogP contribution in [0.3, 0.4) is 0 Å². The van der Waals surface area contributed by atoms with Gasteiger partial charge in [0.15, 0.2) is 5.82 Å². The molecule has 1 aromatic heterocycles. The van der Waals surface area contributed by atoms with Crippen molar-refractivity contribution in [1.82, 2.24) is 15.0 Å². The van der Waals surface area contributed by atoms with Crippen LogP contribution in [0.4, 0.5) is 0 Å². The Kier molecular flexibility index (Phi) is 3.65. The molecule has 0 amide bonds. The monoisotopic (exact) mass is 253 g/mol. The molecule has 2 rings (SSSR count). The van der Waals surface area contributed by atoms with Gasteiger partial charge in [-0.1, -0.05) is 12.1 Å². The maximum absolute atomic E-state index is 11.2. The van der Waals surface area contributed by atoms with Crippen molar-refractivity contribution >= 4 is 5.97 Å². The van der Waals surface area contributed by atoms with Crippen molar-refractivity contribution in [3.63, 3.8) is 0 Å². The topological polar surface area (TPSA) is 79.5 Å². The van der Waals surface area contributed by atoms with Crippen molar-refractivity contribution in [2.75, 3.05) is 14.1 Å². The van der Waals surface area contributed by atoms with Crippen LogP contribution in [0.15, 0.2) is 4.52 Å². The summed E-state index contributed by atoms with van der Waals surface area (Å²) in [6.07, 6.45) is 1.49. The molecule has 0 radical (unpaired) electrons. The predicted molar refractivity (Wildman–Crippen MR) is 64.0 cm³/mol. The highest BCUT2D eigenvalue weighted by Gasteiger charge is 2.41. The van der Waals surface area contributed by atoms with Crippen LogP contribution in [-0.2, 0) is 11.3 Å². The molecule has 1 N–H and O–H groups in total. The van der Waals surface area contributed by atoms with E-state index in [1.807, 2.05) is 19.0 Å². The molecule has 6 heteroatoms. The molecule has 1 aliphatic carbocycles. The minimum Gasteiger partial charge on any atom is -0.481 e. The molecule has 100 valence electrons. The van der Waals surface area contributed by atoms with Crippen LogP contribution in [0, 0.1) is 11.8 Å². The SMILES string of the molecule is CC1CC(C(=O)O)C(c2nc(CN(C)C)no2)C1. The molecule has 3 atom stereocenters. The van der Waals surface area contributed by atoms with Gasteiger partial charge < -0.3 is 14.5 Å². The molecule has 3 unspecified atom stereocenters. The molecule has 0 bridgehead atoms. The Bertz CT molecular complexity index is 430. The Balaban J connectivity index is 2.14. The van der Waals surface area contributed by atoms with Crippen LogP contribution in [0.1, 0.15) is 37.4 Å². The fourth-order valence-electron chi connectivity index (χ4n) is 2.60. The summed E-state index contributed by atoms with van der Waals surface area (Å²) in [5.41, 5.74) is 0. The Morgan fingerprint density at radius 1 is 1.50 bits per heavy atom. The number of nitrogens with zero attached hydrogens (tertiary/aromatic N) is 3. The second-order valence-electron chi connectivity index (χ2n) is 5.41. The molecule has 0 saturated heterocycles. The second-order valence-corrected chi connectivity index (χ2v) is 5.41. The lowest BCUT2D eigenvalue weighted by Crippen LogP contribution is -2.17. The highest BCUT2D eigenvalue weighted by Crippen LogP contribution is 2.42. The van der Waals surface area contributed by atoms with Crippen molar-refractivity contribution in [3.8, 4) is 0 Å². The number of hydrogen-bond acceptors (Lipinski definition) is 5. The lowest BCUT2D eigenvalue weighted by atomic mass is 9.96. The van der Waals surface area contributed by atoms with Gasteiger partial charge in [-0.25, -0.2) is 0 Å². The largest absolute Gasteiger partial charge is 0.481 e. The van der Waals surface area contributed by atoms with Crippen LogP contribution in [0.5, 0.6) is 0 Å². The first kappa shape index (κ1) is 13.0. The van der Waals surface area contributed by atoms with Gasteiger partial charge in [0, 0.05) is 0 Å². The van der Waals surface area contributed by atoms with E-state index in [0.29, 0.717) is 30.6 Å². The average molecular weight is 253 g/mol. The molecular formula is C12H19N3O3. The molecule has 1 saturated carbocycles. The quantitative estimate of drug-likeness (QED) is 0.872. The van der Waals surface area contributed by atoms with Gasteiger partial charge in [0.1, 0.15) is 0 Å². The molecular weight excluding hydrogens is 234 g/mol. The Hall–Kier alpha value is -1.43. The molecule has 6 nitrogen and oxygen atoms in total. The first-order valence-electron chi connectivity index (χ1n) is 6.17. The highest BCUT2D eigenvalue weighted by molar-refractivity contribution is 5.71. The zero-order valence-corrected chi connectivity index (χ0v) is 11.0. The number of rotatable bonds is 4. The normalized spacial score (nSPS) is 27.9. The van der Waals surface area contributed by atoms with Crippen LogP contribution in [0.2, 0.25) is 0 Å². The third kappa shape index (κ3) is 2.69. The minimum absolute atomic E-state index is 0.138. The number of aliphatic carboxylic acids is 1. The number of carboxylic acid groups (broad SMARTS) is 1. The fourth-order valence-corrected chi connectivity index (χ4v) is 2.60. The first-order chi connectivity index (χ1) is 8.47. The van der Waals surface area contributed by atoms with E-state index < -0.39 is 11.9 Å². The molecule has 1 aliphatic rings. The summed E-state index contributed by atoms with van der Waals surface area (Å²) >= 11 is 0. The van der Waals surface area contributed by atoms with Crippen LogP contribution in [0.25, 0.3) is 0 Å². The number of aromatic nitrogens is 2. The Morgan fingerprint density at radius 2 is 2.22 bits per heavy atom. The fraction of sp³-hybridized carbons (Fsp3) is 0.750. The summed E-state index contributed by atoms with van der Waals surface area (Å²) in [6, 6.07) is 0. The molecule has 0 aromatic carbocycles. The van der Waals surface area contributed by atoms with Crippen molar-refractivity contribution in [2.45, 2.75) is 32.2 Å². The van der Waals surface area contributed by atoms with E-state index in [-0.39, 0.29) is 5.92 Å². The van der Waals surface area contributed by atoms with Crippen molar-refractivity contribution in [1.29, 1.82) is 0 Å². The summed E-state index contributed by atoms with van der Waals surface area (Å²) < 4.78 is 5.23. The molecule has 0 aliphatic heterocycles. The Morgan fingerprint density at radius 3 is 2.83 bits per heavy atom. The molecule has 1 aromatic rings. The van der Waals surface area contributed by atoms with Crippen LogP contribution < -0.4 is 0 Å². The van der Waals surface area contributed by atoms with E-state index in [0.717, 1.165) is 6.42 Å². The summed E-state index contributed by atoms with van der Waals surface area (Å²) in [6.45, 7) is 2.66. The van der Waals surface area contributed by atoms with Gasteiger partial charge in [0.2, 0.25) is 5.89 Å². The van der Waals surface area contributed by atoms with Crippen molar-refractivity contribution in [2.24, 2.45) is 11.8 Å². The predicted octanol–water partition coefficient (Wildman–Crippen LogP) is 1.35. The van der Waals surface area contributed by atoms with E-state index in [1.54, 1.807) is 0 Å². The highest BCUT2D eigenvalue weighted by atomic mass is 16.5. The number of carboxylic acids is 1. The third-order valence-electron chi connectivity index (χ3n) is 3.37. The van der Waals surface area contributed by atoms with Gasteiger partial charge in [-0.05, 0) is 32.9 Å². The van der Waals surface area contributed by atoms with Gasteiger partial charge >= 0.3 is 5.97 Å². The van der Waals surface area contributed by atoms with E-state index in [9.17, 15) is 9.90 Å². The minimum atomic E-state index is -0.767. The molecule has 18 heavy (non-hydrogen) atoms. The summed E-state index contributed by atoms with van der Waals surface area (Å²) in [4.78, 5) is 17.5. The van der Waals surface area contributed by atoms with Crippen molar-refractivity contribution < 1.29 is 14.4 Å². The van der Waals surface area contributed by atoms with Gasteiger partial charge in [-0.2, -0.15) is 4.98 Å². The van der Waals surface area contributed by atoms with Gasteiger partial charge in [0.05, 0.1) is 18.4 Å². The lowest BCUT2D eigenvalue weighted by molar-refractivity contribution is -0.142. The van der Waals surface area contributed by atoms with Gasteiger partial charge in [-0.15, -0.1) is 0 Å². The van der Waals surface area contributed by atoms with Crippen LogP contribution >= 0.6 is 0 Å². The second kappa shape index (κ2) is 5.06. The Labute approximate surface area is 106 Å². The molecule has 1 fully saturated rings. The standard InChI is InChI=1S/C12H19N3O3/c1-7-4-8(9(5-7)12(16)17)11-13-10(14-18-11)6-15(2)3/h7-9H,4-6H2,1-3H3,(H,16,17). The number of carbonyl (C=O) groups is 1. The van der Waals surface area contributed by atoms with Crippen LogP contribution in [-0.4, -0.2) is 40.2 Å². The van der Waals surface area contributed by atoms with Crippen molar-refractivity contribution in [3.05, 3.63) is 11.7 Å². The summed E-state index contributed by atoms with van der Waals surface area (Å²) in [7, 11) is 3.85. The summed E-state index contributed by atoms with van der Waals surface area (Å²) in [5.74, 6) is 0.174. The van der Waals surface area contributed by atoms with Gasteiger partial charge in [-0.3, -0.25) is 4.79 Å². The molecule has 1 heterocycles.